The van der Waals surface area contributed by atoms with Gasteiger partial charge in [0.05, 0.1) is 17.4 Å². The molecule has 2 N–H and O–H groups in total. The molecule has 0 saturated carbocycles. The second-order valence-electron chi connectivity index (χ2n) is 5.97. The van der Waals surface area contributed by atoms with Crippen molar-refractivity contribution in [3.63, 3.8) is 0 Å². The Kier molecular flexibility index (Phi) is 6.10. The number of carbonyl (C=O) groups excluding carboxylic acids is 1. The highest BCUT2D eigenvalue weighted by Crippen LogP contribution is 2.27. The molecular formula is C20H17BrFN5O. The molecule has 0 aliphatic carbocycles. The lowest BCUT2D eigenvalue weighted by Gasteiger charge is -2.22. The van der Waals surface area contributed by atoms with Crippen molar-refractivity contribution in [3.8, 4) is 0 Å². The molecule has 2 heterocycles. The van der Waals surface area contributed by atoms with Gasteiger partial charge < -0.3 is 15.6 Å². The van der Waals surface area contributed by atoms with Gasteiger partial charge in [0.25, 0.3) is 5.91 Å². The highest BCUT2D eigenvalue weighted by Gasteiger charge is 2.17. The Morgan fingerprint density at radius 3 is 2.61 bits per heavy atom. The summed E-state index contributed by atoms with van der Waals surface area (Å²) in [4.78, 5) is 22.7. The smallest absolute Gasteiger partial charge is 0.253 e. The fraction of sp³-hybridized carbons (Fsp3) is 0.100. The van der Waals surface area contributed by atoms with Gasteiger partial charge >= 0.3 is 0 Å². The zero-order valence-corrected chi connectivity index (χ0v) is 16.6. The molecule has 1 amide bonds. The van der Waals surface area contributed by atoms with Crippen molar-refractivity contribution in [3.05, 3.63) is 82.1 Å². The molecule has 3 aromatic rings. The van der Waals surface area contributed by atoms with E-state index in [1.54, 1.807) is 42.5 Å². The van der Waals surface area contributed by atoms with Crippen molar-refractivity contribution in [2.75, 3.05) is 11.9 Å². The summed E-state index contributed by atoms with van der Waals surface area (Å²) in [5.41, 5.74) is 2.84. The highest BCUT2D eigenvalue weighted by atomic mass is 79.9. The number of rotatable bonds is 6. The number of nitrogens with one attached hydrogen (secondary N) is 2. The Morgan fingerprint density at radius 2 is 1.96 bits per heavy atom. The number of pyridine rings is 2. The molecular weight excluding hydrogens is 425 g/mol. The Morgan fingerprint density at radius 1 is 1.21 bits per heavy atom. The first-order valence-electron chi connectivity index (χ1n) is 8.36. The predicted octanol–water partition coefficient (Wildman–Crippen LogP) is 4.07. The normalized spacial score (nSPS) is 10.4. The number of hydrogen-bond donors (Lipinski definition) is 2. The number of halogens is 2. The van der Waals surface area contributed by atoms with Crippen LogP contribution in [-0.4, -0.2) is 29.1 Å². The van der Waals surface area contributed by atoms with Crippen molar-refractivity contribution in [2.45, 2.75) is 6.54 Å². The number of amides is 1. The molecule has 0 radical (unpaired) electrons. The van der Waals surface area contributed by atoms with Gasteiger partial charge in [-0.1, -0.05) is 6.07 Å². The molecule has 0 fully saturated rings. The van der Waals surface area contributed by atoms with Crippen LogP contribution in [0.5, 0.6) is 0 Å². The molecule has 0 spiro atoms. The van der Waals surface area contributed by atoms with Crippen molar-refractivity contribution < 1.29 is 9.18 Å². The van der Waals surface area contributed by atoms with Gasteiger partial charge in [0.15, 0.2) is 0 Å². The van der Waals surface area contributed by atoms with Crippen LogP contribution >= 0.6 is 15.9 Å². The molecule has 28 heavy (non-hydrogen) atoms. The third-order valence-electron chi connectivity index (χ3n) is 4.17. The SMILES string of the molecule is CN(c1ccc(F)cc1)c1cncc(C(=O)NCc2ccc(Br)nc2)c1C=N. The Labute approximate surface area is 170 Å². The number of hydrogen-bond acceptors (Lipinski definition) is 5. The Hall–Kier alpha value is -3.13. The maximum atomic E-state index is 13.2. The number of aromatic nitrogens is 2. The van der Waals surface area contributed by atoms with E-state index < -0.39 is 0 Å². The summed E-state index contributed by atoms with van der Waals surface area (Å²) in [7, 11) is 1.77. The quantitative estimate of drug-likeness (QED) is 0.446. The van der Waals surface area contributed by atoms with Crippen molar-refractivity contribution in [1.29, 1.82) is 5.41 Å². The van der Waals surface area contributed by atoms with Crippen LogP contribution in [0, 0.1) is 11.2 Å². The van der Waals surface area contributed by atoms with Gasteiger partial charge in [0.2, 0.25) is 0 Å². The van der Waals surface area contributed by atoms with Gasteiger partial charge in [-0.25, -0.2) is 9.37 Å². The maximum Gasteiger partial charge on any atom is 0.253 e. The zero-order valence-electron chi connectivity index (χ0n) is 15.0. The van der Waals surface area contributed by atoms with Crippen LogP contribution in [0.25, 0.3) is 0 Å². The van der Waals surface area contributed by atoms with Crippen LogP contribution in [-0.2, 0) is 6.54 Å². The topological polar surface area (TPSA) is 82.0 Å². The van der Waals surface area contributed by atoms with E-state index in [2.05, 4.69) is 31.2 Å². The van der Waals surface area contributed by atoms with Crippen LogP contribution < -0.4 is 10.2 Å². The third kappa shape index (κ3) is 4.40. The fourth-order valence-corrected chi connectivity index (χ4v) is 2.89. The molecule has 0 unspecified atom stereocenters. The highest BCUT2D eigenvalue weighted by molar-refractivity contribution is 9.10. The van der Waals surface area contributed by atoms with Gasteiger partial charge in [0.1, 0.15) is 10.4 Å². The Balaban J connectivity index is 1.84. The lowest BCUT2D eigenvalue weighted by atomic mass is 10.1. The van der Waals surface area contributed by atoms with E-state index in [0.717, 1.165) is 16.4 Å². The van der Waals surface area contributed by atoms with Crippen LogP contribution in [0.3, 0.4) is 0 Å². The van der Waals surface area contributed by atoms with Crippen LogP contribution in [0.4, 0.5) is 15.8 Å². The average molecular weight is 442 g/mol. The molecule has 0 atom stereocenters. The second kappa shape index (κ2) is 8.71. The molecule has 0 aliphatic rings. The van der Waals surface area contributed by atoms with Gasteiger partial charge in [-0.3, -0.25) is 9.78 Å². The zero-order chi connectivity index (χ0) is 20.1. The van der Waals surface area contributed by atoms with Crippen molar-refractivity contribution in [2.24, 2.45) is 0 Å². The first-order valence-corrected chi connectivity index (χ1v) is 9.15. The molecule has 0 aliphatic heterocycles. The Bertz CT molecular complexity index is 992. The predicted molar refractivity (Wildman–Crippen MR) is 110 cm³/mol. The molecule has 142 valence electrons. The lowest BCUT2D eigenvalue weighted by molar-refractivity contribution is 0.0950. The van der Waals surface area contributed by atoms with E-state index in [-0.39, 0.29) is 17.3 Å². The first-order chi connectivity index (χ1) is 13.5. The molecule has 3 rings (SSSR count). The molecule has 6 nitrogen and oxygen atoms in total. The lowest BCUT2D eigenvalue weighted by Crippen LogP contribution is -2.25. The molecule has 0 bridgehead atoms. The van der Waals surface area contributed by atoms with Crippen molar-refractivity contribution in [1.82, 2.24) is 15.3 Å². The fourth-order valence-electron chi connectivity index (χ4n) is 2.65. The van der Waals surface area contributed by atoms with Gasteiger partial charge in [-0.2, -0.15) is 0 Å². The summed E-state index contributed by atoms with van der Waals surface area (Å²) in [6.07, 6.45) is 5.78. The molecule has 8 heteroatoms. The molecule has 1 aromatic carbocycles. The van der Waals surface area contributed by atoms with Gasteiger partial charge in [-0.05, 0) is 51.8 Å². The van der Waals surface area contributed by atoms with E-state index in [9.17, 15) is 9.18 Å². The minimum absolute atomic E-state index is 0.284. The summed E-state index contributed by atoms with van der Waals surface area (Å²) in [6, 6.07) is 9.60. The third-order valence-corrected chi connectivity index (χ3v) is 4.64. The van der Waals surface area contributed by atoms with E-state index in [4.69, 9.17) is 5.41 Å². The summed E-state index contributed by atoms with van der Waals surface area (Å²) in [5.74, 6) is -0.679. The summed E-state index contributed by atoms with van der Waals surface area (Å²) >= 11 is 3.27. The summed E-state index contributed by atoms with van der Waals surface area (Å²) in [5, 5.41) is 10.6. The summed E-state index contributed by atoms with van der Waals surface area (Å²) < 4.78 is 13.9. The maximum absolute atomic E-state index is 13.2. The number of anilines is 2. The van der Waals surface area contributed by atoms with Crippen LogP contribution in [0.2, 0.25) is 0 Å². The minimum Gasteiger partial charge on any atom is -0.348 e. The minimum atomic E-state index is -0.344. The number of benzene rings is 1. The van der Waals surface area contributed by atoms with E-state index in [0.29, 0.717) is 23.5 Å². The van der Waals surface area contributed by atoms with Gasteiger partial charge in [0, 0.05) is 43.5 Å². The standard InChI is InChI=1S/C20H17BrFN5O/c1-27(15-5-3-14(22)4-6-15)18-12-24-11-17(16(18)8-23)20(28)26-10-13-2-7-19(21)25-9-13/h2-9,11-12,23H,10H2,1H3,(H,26,28). The van der Waals surface area contributed by atoms with Gasteiger partial charge in [-0.15, -0.1) is 0 Å². The monoisotopic (exact) mass is 441 g/mol. The summed E-state index contributed by atoms with van der Waals surface area (Å²) in [6.45, 7) is 0.300. The first kappa shape index (κ1) is 19.6. The molecule has 2 aromatic heterocycles. The largest absolute Gasteiger partial charge is 0.348 e. The second-order valence-corrected chi connectivity index (χ2v) is 6.78. The van der Waals surface area contributed by atoms with Crippen LogP contribution in [0.15, 0.2) is 59.6 Å². The number of nitrogens with zero attached hydrogens (tertiary/aromatic N) is 3. The van der Waals surface area contributed by atoms with E-state index >= 15 is 0 Å². The van der Waals surface area contributed by atoms with Crippen LogP contribution in [0.1, 0.15) is 21.5 Å². The molecule has 0 saturated heterocycles. The average Bonchev–Trinajstić information content (AvgIpc) is 2.72. The van der Waals surface area contributed by atoms with E-state index in [1.165, 1.54) is 18.3 Å². The van der Waals surface area contributed by atoms with Crippen molar-refractivity contribution >= 4 is 39.4 Å². The number of carbonyl (C=O) groups is 1. The van der Waals surface area contributed by atoms with E-state index in [1.807, 2.05) is 6.07 Å².